The van der Waals surface area contributed by atoms with Crippen LogP contribution in [-0.2, 0) is 9.53 Å². The van der Waals surface area contributed by atoms with E-state index in [0.29, 0.717) is 0 Å². The third kappa shape index (κ3) is 3.61. The van der Waals surface area contributed by atoms with Crippen LogP contribution in [0.1, 0.15) is 38.2 Å². The highest BCUT2D eigenvalue weighted by atomic mass is 19.1. The number of Topliss-reactive ketones (excluding diaryl/α,β-unsaturated/α-hetero) is 1. The monoisotopic (exact) mass is 253 g/mol. The van der Waals surface area contributed by atoms with Crippen LogP contribution in [0.5, 0.6) is 0 Å². The molecule has 1 atom stereocenters. The molecule has 1 aromatic rings. The van der Waals surface area contributed by atoms with Crippen molar-refractivity contribution in [3.63, 3.8) is 0 Å². The van der Waals surface area contributed by atoms with Gasteiger partial charge in [-0.15, -0.1) is 0 Å². The minimum absolute atomic E-state index is 0.337. The second-order valence-electron chi connectivity index (χ2n) is 4.95. The number of ether oxygens (including phenoxy) is 1. The number of carbonyl (C=O) groups is 2. The van der Waals surface area contributed by atoms with Crippen molar-refractivity contribution in [2.45, 2.75) is 33.3 Å². The maximum Gasteiger partial charge on any atom is 0.317 e. The molecule has 0 spiro atoms. The summed E-state index contributed by atoms with van der Waals surface area (Å²) in [5, 5.41) is 0. The van der Waals surface area contributed by atoms with Gasteiger partial charge >= 0.3 is 5.97 Å². The molecule has 98 valence electrons. The Morgan fingerprint density at radius 2 is 2.00 bits per heavy atom. The largest absolute Gasteiger partial charge is 0.459 e. The number of hydrogen-bond donors (Lipinski definition) is 0. The van der Waals surface area contributed by atoms with Crippen LogP contribution in [-0.4, -0.2) is 22.3 Å². The van der Waals surface area contributed by atoms with Crippen LogP contribution in [0.3, 0.4) is 0 Å². The second-order valence-corrected chi connectivity index (χ2v) is 4.95. The van der Waals surface area contributed by atoms with Crippen molar-refractivity contribution in [1.29, 1.82) is 0 Å². The zero-order valence-electron chi connectivity index (χ0n) is 10.9. The van der Waals surface area contributed by atoms with Crippen LogP contribution >= 0.6 is 0 Å². The molecule has 1 unspecified atom stereocenters. The zero-order chi connectivity index (χ0) is 13.9. The van der Waals surface area contributed by atoms with Crippen LogP contribution in [0.2, 0.25) is 0 Å². The number of ketones is 1. The van der Waals surface area contributed by atoms with Gasteiger partial charge in [0, 0.05) is 6.20 Å². The van der Waals surface area contributed by atoms with Crippen LogP contribution in [0.25, 0.3) is 0 Å². The summed E-state index contributed by atoms with van der Waals surface area (Å²) >= 11 is 0. The molecule has 4 nitrogen and oxygen atoms in total. The third-order valence-electron chi connectivity index (χ3n) is 2.15. The average molecular weight is 253 g/mol. The van der Waals surface area contributed by atoms with Crippen molar-refractivity contribution in [3.8, 4) is 0 Å². The van der Waals surface area contributed by atoms with Gasteiger partial charge in [-0.05, 0) is 39.8 Å². The SMILES string of the molecule is CC(C(=O)OC(C)(C)C)C(=O)c1ncccc1F. The van der Waals surface area contributed by atoms with Crippen molar-refractivity contribution < 1.29 is 18.7 Å². The molecule has 0 aromatic carbocycles. The lowest BCUT2D eigenvalue weighted by molar-refractivity contribution is -0.157. The summed E-state index contributed by atoms with van der Waals surface area (Å²) in [5.74, 6) is -3.17. The van der Waals surface area contributed by atoms with Crippen LogP contribution in [0.4, 0.5) is 4.39 Å². The van der Waals surface area contributed by atoms with Gasteiger partial charge in [0.05, 0.1) is 0 Å². The molecule has 5 heteroatoms. The van der Waals surface area contributed by atoms with Gasteiger partial charge < -0.3 is 4.74 Å². The highest BCUT2D eigenvalue weighted by molar-refractivity contribution is 6.07. The molecule has 0 saturated carbocycles. The minimum atomic E-state index is -1.08. The molecule has 1 aromatic heterocycles. The molecule has 0 aliphatic heterocycles. The maximum atomic E-state index is 13.4. The predicted molar refractivity (Wildman–Crippen MR) is 63.5 cm³/mol. The first-order chi connectivity index (χ1) is 8.22. The van der Waals surface area contributed by atoms with Gasteiger partial charge in [0.15, 0.2) is 11.6 Å². The smallest absolute Gasteiger partial charge is 0.317 e. The Labute approximate surface area is 105 Å². The summed E-state index contributed by atoms with van der Waals surface area (Å²) in [6, 6.07) is 2.51. The highest BCUT2D eigenvalue weighted by Gasteiger charge is 2.30. The van der Waals surface area contributed by atoms with Crippen LogP contribution < -0.4 is 0 Å². The van der Waals surface area contributed by atoms with Crippen molar-refractivity contribution in [1.82, 2.24) is 4.98 Å². The Hall–Kier alpha value is -1.78. The van der Waals surface area contributed by atoms with E-state index in [1.165, 1.54) is 19.2 Å². The van der Waals surface area contributed by atoms with Gasteiger partial charge in [-0.2, -0.15) is 0 Å². The van der Waals surface area contributed by atoms with Crippen LogP contribution in [0.15, 0.2) is 18.3 Å². The number of aromatic nitrogens is 1. The standard InChI is InChI=1S/C13H16FNO3/c1-8(12(17)18-13(2,3)4)11(16)10-9(14)6-5-7-15-10/h5-8H,1-4H3. The van der Waals surface area contributed by atoms with E-state index in [1.54, 1.807) is 20.8 Å². The number of esters is 1. The quantitative estimate of drug-likeness (QED) is 0.471. The molecule has 0 radical (unpaired) electrons. The number of rotatable bonds is 3. The molecule has 0 aliphatic carbocycles. The number of nitrogens with zero attached hydrogens (tertiary/aromatic N) is 1. The lowest BCUT2D eigenvalue weighted by Gasteiger charge is -2.21. The minimum Gasteiger partial charge on any atom is -0.459 e. The van der Waals surface area contributed by atoms with Gasteiger partial charge in [0.2, 0.25) is 0 Å². The van der Waals surface area contributed by atoms with Gasteiger partial charge in [0.1, 0.15) is 17.2 Å². The normalized spacial score (nSPS) is 12.9. The Morgan fingerprint density at radius 1 is 1.39 bits per heavy atom. The lowest BCUT2D eigenvalue weighted by atomic mass is 10.0. The molecular weight excluding hydrogens is 237 g/mol. The summed E-state index contributed by atoms with van der Waals surface area (Å²) in [5.41, 5.74) is -1.02. The van der Waals surface area contributed by atoms with E-state index in [2.05, 4.69) is 4.98 Å². The average Bonchev–Trinajstić information content (AvgIpc) is 2.25. The van der Waals surface area contributed by atoms with Crippen molar-refractivity contribution in [3.05, 3.63) is 29.8 Å². The van der Waals surface area contributed by atoms with E-state index in [9.17, 15) is 14.0 Å². The number of hydrogen-bond acceptors (Lipinski definition) is 4. The molecule has 18 heavy (non-hydrogen) atoms. The molecule has 0 saturated heterocycles. The summed E-state index contributed by atoms with van der Waals surface area (Å²) < 4.78 is 18.4. The fourth-order valence-corrected chi connectivity index (χ4v) is 1.27. The molecule has 0 amide bonds. The zero-order valence-corrected chi connectivity index (χ0v) is 10.9. The molecule has 1 rings (SSSR count). The highest BCUT2D eigenvalue weighted by Crippen LogP contribution is 2.15. The van der Waals surface area contributed by atoms with Crippen molar-refractivity contribution in [2.24, 2.45) is 5.92 Å². The number of halogens is 1. The Balaban J connectivity index is 2.85. The number of carbonyl (C=O) groups excluding carboxylic acids is 2. The van der Waals surface area contributed by atoms with E-state index in [4.69, 9.17) is 4.74 Å². The number of pyridine rings is 1. The third-order valence-corrected chi connectivity index (χ3v) is 2.15. The van der Waals surface area contributed by atoms with Crippen molar-refractivity contribution >= 4 is 11.8 Å². The Kier molecular flexibility index (Phi) is 4.16. The van der Waals surface area contributed by atoms with E-state index < -0.39 is 29.1 Å². The first-order valence-electron chi connectivity index (χ1n) is 5.60. The second kappa shape index (κ2) is 5.25. The van der Waals surface area contributed by atoms with Gasteiger partial charge in [-0.3, -0.25) is 14.6 Å². The summed E-state index contributed by atoms with van der Waals surface area (Å²) in [6.45, 7) is 6.47. The predicted octanol–water partition coefficient (Wildman–Crippen LogP) is 2.38. The molecule has 0 bridgehead atoms. The van der Waals surface area contributed by atoms with E-state index in [0.717, 1.165) is 6.07 Å². The topological polar surface area (TPSA) is 56.3 Å². The first-order valence-corrected chi connectivity index (χ1v) is 5.60. The summed E-state index contributed by atoms with van der Waals surface area (Å²) in [6.07, 6.45) is 1.30. The maximum absolute atomic E-state index is 13.4. The summed E-state index contributed by atoms with van der Waals surface area (Å²) in [4.78, 5) is 27.2. The van der Waals surface area contributed by atoms with Crippen LogP contribution in [0, 0.1) is 11.7 Å². The lowest BCUT2D eigenvalue weighted by Crippen LogP contribution is -2.31. The molecule has 1 heterocycles. The molecular formula is C13H16FNO3. The van der Waals surface area contributed by atoms with Gasteiger partial charge in [-0.1, -0.05) is 0 Å². The first kappa shape index (κ1) is 14.3. The summed E-state index contributed by atoms with van der Waals surface area (Å²) in [7, 11) is 0. The molecule has 0 aliphatic rings. The fraction of sp³-hybridized carbons (Fsp3) is 0.462. The Bertz CT molecular complexity index is 466. The van der Waals surface area contributed by atoms with Crippen molar-refractivity contribution in [2.75, 3.05) is 0 Å². The fourth-order valence-electron chi connectivity index (χ4n) is 1.27. The van der Waals surface area contributed by atoms with E-state index >= 15 is 0 Å². The van der Waals surface area contributed by atoms with E-state index in [1.807, 2.05) is 0 Å². The van der Waals surface area contributed by atoms with Gasteiger partial charge in [0.25, 0.3) is 0 Å². The van der Waals surface area contributed by atoms with E-state index in [-0.39, 0.29) is 5.69 Å². The Morgan fingerprint density at radius 3 is 2.50 bits per heavy atom. The molecule has 0 fully saturated rings. The van der Waals surface area contributed by atoms with Gasteiger partial charge in [-0.25, -0.2) is 4.39 Å². The molecule has 0 N–H and O–H groups in total.